The minimum Gasteiger partial charge on any atom is -0.490 e. The van der Waals surface area contributed by atoms with Crippen molar-refractivity contribution in [3.05, 3.63) is 54.1 Å². The van der Waals surface area contributed by atoms with Gasteiger partial charge in [-0.1, -0.05) is 50.2 Å². The third-order valence-electron chi connectivity index (χ3n) is 3.68. The van der Waals surface area contributed by atoms with Gasteiger partial charge in [-0.25, -0.2) is 0 Å². The van der Waals surface area contributed by atoms with E-state index in [-0.39, 0.29) is 0 Å². The monoisotopic (exact) mass is 281 g/mol. The van der Waals surface area contributed by atoms with Crippen molar-refractivity contribution in [2.75, 3.05) is 0 Å². The van der Waals surface area contributed by atoms with Gasteiger partial charge in [-0.3, -0.25) is 0 Å². The Kier molecular flexibility index (Phi) is 4.26. The van der Waals surface area contributed by atoms with Crippen molar-refractivity contribution in [2.45, 2.75) is 45.4 Å². The van der Waals surface area contributed by atoms with Crippen LogP contribution in [0.25, 0.3) is 11.1 Å². The van der Waals surface area contributed by atoms with Gasteiger partial charge in [-0.05, 0) is 41.7 Å². The fourth-order valence-corrected chi connectivity index (χ4v) is 2.24. The van der Waals surface area contributed by atoms with E-state index in [9.17, 15) is 0 Å². The summed E-state index contributed by atoms with van der Waals surface area (Å²) in [6, 6.07) is 17.7. The molecular formula is C19H23NO. The van der Waals surface area contributed by atoms with Gasteiger partial charge in [0.25, 0.3) is 0 Å². The van der Waals surface area contributed by atoms with E-state index in [4.69, 9.17) is 4.74 Å². The van der Waals surface area contributed by atoms with E-state index in [1.54, 1.807) is 0 Å². The van der Waals surface area contributed by atoms with Gasteiger partial charge in [0.05, 0.1) is 6.10 Å². The van der Waals surface area contributed by atoms with Gasteiger partial charge < -0.3 is 10.1 Å². The maximum atomic E-state index is 5.78. The molecule has 0 bridgehead atoms. The summed E-state index contributed by atoms with van der Waals surface area (Å²) in [7, 11) is 0. The van der Waals surface area contributed by atoms with Crippen molar-refractivity contribution in [1.29, 1.82) is 0 Å². The molecule has 110 valence electrons. The molecule has 3 rings (SSSR count). The number of hydrogen-bond acceptors (Lipinski definition) is 2. The quantitative estimate of drug-likeness (QED) is 0.847. The predicted octanol–water partition coefficient (Wildman–Crippen LogP) is 4.39. The van der Waals surface area contributed by atoms with E-state index in [1.165, 1.54) is 29.5 Å². The first-order valence-corrected chi connectivity index (χ1v) is 7.80. The van der Waals surface area contributed by atoms with Crippen molar-refractivity contribution in [2.24, 2.45) is 0 Å². The minimum absolute atomic E-state index is 0.462. The lowest BCUT2D eigenvalue weighted by Gasteiger charge is -2.09. The Morgan fingerprint density at radius 1 is 0.952 bits per heavy atom. The van der Waals surface area contributed by atoms with Gasteiger partial charge in [0, 0.05) is 12.6 Å². The van der Waals surface area contributed by atoms with Gasteiger partial charge in [-0.15, -0.1) is 0 Å². The van der Waals surface area contributed by atoms with Gasteiger partial charge in [0.1, 0.15) is 5.75 Å². The van der Waals surface area contributed by atoms with Crippen LogP contribution in [0, 0.1) is 0 Å². The summed E-state index contributed by atoms with van der Waals surface area (Å²) in [5, 5.41) is 3.44. The minimum atomic E-state index is 0.462. The van der Waals surface area contributed by atoms with E-state index in [0.29, 0.717) is 12.1 Å². The molecule has 2 heteroatoms. The van der Waals surface area contributed by atoms with E-state index < -0.39 is 0 Å². The third-order valence-corrected chi connectivity index (χ3v) is 3.68. The van der Waals surface area contributed by atoms with Gasteiger partial charge in [0.2, 0.25) is 0 Å². The van der Waals surface area contributed by atoms with Crippen LogP contribution in [0.5, 0.6) is 5.75 Å². The Morgan fingerprint density at radius 3 is 2.05 bits per heavy atom. The SMILES string of the molecule is CC(C)NCc1ccc(-c2ccc(OC3CC3)cc2)cc1. The predicted molar refractivity (Wildman–Crippen MR) is 87.5 cm³/mol. The molecule has 0 saturated heterocycles. The molecule has 0 amide bonds. The summed E-state index contributed by atoms with van der Waals surface area (Å²) in [6.45, 7) is 5.26. The summed E-state index contributed by atoms with van der Waals surface area (Å²) >= 11 is 0. The number of ether oxygens (including phenoxy) is 1. The molecule has 1 fully saturated rings. The van der Waals surface area contributed by atoms with Gasteiger partial charge >= 0.3 is 0 Å². The van der Waals surface area contributed by atoms with Crippen LogP contribution < -0.4 is 10.1 Å². The Morgan fingerprint density at radius 2 is 1.52 bits per heavy atom. The number of benzene rings is 2. The zero-order chi connectivity index (χ0) is 14.7. The number of nitrogens with one attached hydrogen (secondary N) is 1. The van der Waals surface area contributed by atoms with Crippen LogP contribution in [0.1, 0.15) is 32.3 Å². The Labute approximate surface area is 127 Å². The van der Waals surface area contributed by atoms with Crippen LogP contribution in [0.15, 0.2) is 48.5 Å². The van der Waals surface area contributed by atoms with E-state index in [2.05, 4.69) is 67.7 Å². The first-order chi connectivity index (χ1) is 10.2. The summed E-state index contributed by atoms with van der Waals surface area (Å²) in [6.07, 6.45) is 2.87. The molecule has 0 heterocycles. The lowest BCUT2D eigenvalue weighted by molar-refractivity contribution is 0.303. The van der Waals surface area contributed by atoms with Crippen LogP contribution in [0.2, 0.25) is 0 Å². The third kappa shape index (κ3) is 4.08. The zero-order valence-corrected chi connectivity index (χ0v) is 12.8. The van der Waals surface area contributed by atoms with Crippen molar-refractivity contribution in [1.82, 2.24) is 5.32 Å². The van der Waals surface area contributed by atoms with Crippen molar-refractivity contribution in [3.8, 4) is 16.9 Å². The van der Waals surface area contributed by atoms with Crippen LogP contribution in [0.4, 0.5) is 0 Å². The van der Waals surface area contributed by atoms with Crippen LogP contribution in [0.3, 0.4) is 0 Å². The van der Waals surface area contributed by atoms with E-state index >= 15 is 0 Å². The standard InChI is InChI=1S/C19H23NO/c1-14(2)20-13-15-3-5-16(6-4-15)17-7-9-18(10-8-17)21-19-11-12-19/h3-10,14,19-20H,11-13H2,1-2H3. The van der Waals surface area contributed by atoms with Crippen LogP contribution in [-0.2, 0) is 6.54 Å². The largest absolute Gasteiger partial charge is 0.490 e. The molecule has 21 heavy (non-hydrogen) atoms. The molecule has 0 aromatic heterocycles. The molecule has 0 spiro atoms. The highest BCUT2D eigenvalue weighted by atomic mass is 16.5. The first kappa shape index (κ1) is 14.2. The molecule has 1 saturated carbocycles. The summed E-state index contributed by atoms with van der Waals surface area (Å²) < 4.78 is 5.78. The highest BCUT2D eigenvalue weighted by Gasteiger charge is 2.23. The van der Waals surface area contributed by atoms with Gasteiger partial charge in [-0.2, -0.15) is 0 Å². The van der Waals surface area contributed by atoms with Crippen molar-refractivity contribution < 1.29 is 4.74 Å². The average molecular weight is 281 g/mol. The maximum Gasteiger partial charge on any atom is 0.119 e. The topological polar surface area (TPSA) is 21.3 Å². The molecule has 0 radical (unpaired) electrons. The highest BCUT2D eigenvalue weighted by Crippen LogP contribution is 2.28. The molecule has 0 aliphatic heterocycles. The normalized spacial score (nSPS) is 14.4. The van der Waals surface area contributed by atoms with E-state index in [1.807, 2.05) is 0 Å². The lowest BCUT2D eigenvalue weighted by Crippen LogP contribution is -2.21. The molecule has 0 unspecified atom stereocenters. The fourth-order valence-electron chi connectivity index (χ4n) is 2.24. The maximum absolute atomic E-state index is 5.78. The number of rotatable bonds is 6. The molecule has 2 aromatic carbocycles. The fraction of sp³-hybridized carbons (Fsp3) is 0.368. The van der Waals surface area contributed by atoms with Crippen LogP contribution >= 0.6 is 0 Å². The molecule has 1 N–H and O–H groups in total. The first-order valence-electron chi connectivity index (χ1n) is 7.80. The smallest absolute Gasteiger partial charge is 0.119 e. The summed E-state index contributed by atoms with van der Waals surface area (Å²) in [5.74, 6) is 0.985. The van der Waals surface area contributed by atoms with Crippen LogP contribution in [-0.4, -0.2) is 12.1 Å². The van der Waals surface area contributed by atoms with E-state index in [0.717, 1.165) is 12.3 Å². The lowest BCUT2D eigenvalue weighted by atomic mass is 10.0. The molecule has 2 aromatic rings. The second kappa shape index (κ2) is 6.31. The Hall–Kier alpha value is -1.80. The van der Waals surface area contributed by atoms with Crippen molar-refractivity contribution >= 4 is 0 Å². The Balaban J connectivity index is 1.65. The van der Waals surface area contributed by atoms with Gasteiger partial charge in [0.15, 0.2) is 0 Å². The number of hydrogen-bond donors (Lipinski definition) is 1. The molecule has 2 nitrogen and oxygen atoms in total. The Bertz CT molecular complexity index is 568. The molecule has 1 aliphatic carbocycles. The molecule has 1 aliphatic rings. The molecule has 0 atom stereocenters. The highest BCUT2D eigenvalue weighted by molar-refractivity contribution is 5.64. The average Bonchev–Trinajstić information content (AvgIpc) is 3.30. The van der Waals surface area contributed by atoms with Crippen molar-refractivity contribution in [3.63, 3.8) is 0 Å². The molecular weight excluding hydrogens is 258 g/mol. The zero-order valence-electron chi connectivity index (χ0n) is 12.8. The summed E-state index contributed by atoms with van der Waals surface area (Å²) in [4.78, 5) is 0. The summed E-state index contributed by atoms with van der Waals surface area (Å²) in [5.41, 5.74) is 3.81. The second-order valence-corrected chi connectivity index (χ2v) is 6.07. The second-order valence-electron chi connectivity index (χ2n) is 6.07.